The SMILES string of the molecule is O=C(c1ccncc1)N(c1ccc(-c2ccccc2)cc1)C1CCN(Cc2ccccc2)CC1. The van der Waals surface area contributed by atoms with Crippen molar-refractivity contribution in [2.75, 3.05) is 18.0 Å². The van der Waals surface area contributed by atoms with E-state index in [0.717, 1.165) is 43.7 Å². The number of anilines is 1. The van der Waals surface area contributed by atoms with Gasteiger partial charge in [-0.1, -0.05) is 72.8 Å². The Morgan fingerprint density at radius 1 is 0.765 bits per heavy atom. The zero-order chi connectivity index (χ0) is 23.2. The van der Waals surface area contributed by atoms with Crippen molar-refractivity contribution in [3.63, 3.8) is 0 Å². The van der Waals surface area contributed by atoms with Crippen molar-refractivity contribution in [1.82, 2.24) is 9.88 Å². The third kappa shape index (κ3) is 5.08. The van der Waals surface area contributed by atoms with Gasteiger partial charge in [0.05, 0.1) is 0 Å². The van der Waals surface area contributed by atoms with E-state index in [4.69, 9.17) is 0 Å². The molecule has 1 aliphatic rings. The quantitative estimate of drug-likeness (QED) is 0.360. The smallest absolute Gasteiger partial charge is 0.258 e. The van der Waals surface area contributed by atoms with Crippen LogP contribution in [0.1, 0.15) is 28.8 Å². The maximum atomic E-state index is 13.7. The fourth-order valence-corrected chi connectivity index (χ4v) is 4.75. The second-order valence-electron chi connectivity index (χ2n) is 8.82. The van der Waals surface area contributed by atoms with Crippen LogP contribution in [0.15, 0.2) is 109 Å². The van der Waals surface area contributed by atoms with Gasteiger partial charge in [0.15, 0.2) is 0 Å². The summed E-state index contributed by atoms with van der Waals surface area (Å²) in [6.07, 6.45) is 5.27. The van der Waals surface area contributed by atoms with E-state index in [1.165, 1.54) is 11.1 Å². The van der Waals surface area contributed by atoms with Crippen molar-refractivity contribution in [2.45, 2.75) is 25.4 Å². The van der Waals surface area contributed by atoms with Gasteiger partial charge in [-0.2, -0.15) is 0 Å². The lowest BCUT2D eigenvalue weighted by Gasteiger charge is -2.38. The predicted octanol–water partition coefficient (Wildman–Crippen LogP) is 6.06. The maximum Gasteiger partial charge on any atom is 0.258 e. The largest absolute Gasteiger partial charge is 0.305 e. The first-order chi connectivity index (χ1) is 16.8. The molecule has 0 unspecified atom stereocenters. The minimum absolute atomic E-state index is 0.0383. The van der Waals surface area contributed by atoms with Crippen molar-refractivity contribution in [3.05, 3.63) is 121 Å². The molecule has 0 spiro atoms. The van der Waals surface area contributed by atoms with Crippen molar-refractivity contribution in [3.8, 4) is 11.1 Å². The molecule has 0 N–H and O–H groups in total. The van der Waals surface area contributed by atoms with Crippen molar-refractivity contribution < 1.29 is 4.79 Å². The van der Waals surface area contributed by atoms with Crippen LogP contribution in [0.2, 0.25) is 0 Å². The lowest BCUT2D eigenvalue weighted by Crippen LogP contribution is -2.47. The van der Waals surface area contributed by atoms with Gasteiger partial charge in [0.1, 0.15) is 0 Å². The molecule has 1 fully saturated rings. The van der Waals surface area contributed by atoms with E-state index in [-0.39, 0.29) is 11.9 Å². The van der Waals surface area contributed by atoms with E-state index in [1.807, 2.05) is 23.1 Å². The Balaban J connectivity index is 1.36. The number of hydrogen-bond acceptors (Lipinski definition) is 3. The highest BCUT2D eigenvalue weighted by molar-refractivity contribution is 6.06. The molecular weight excluding hydrogens is 418 g/mol. The molecule has 0 radical (unpaired) electrons. The van der Waals surface area contributed by atoms with E-state index >= 15 is 0 Å². The predicted molar refractivity (Wildman–Crippen MR) is 138 cm³/mol. The van der Waals surface area contributed by atoms with Crippen LogP contribution >= 0.6 is 0 Å². The summed E-state index contributed by atoms with van der Waals surface area (Å²) in [6.45, 7) is 2.90. The summed E-state index contributed by atoms with van der Waals surface area (Å²) in [5.41, 5.74) is 5.28. The van der Waals surface area contributed by atoms with Crippen molar-refractivity contribution in [1.29, 1.82) is 0 Å². The van der Waals surface area contributed by atoms with Gasteiger partial charge in [-0.3, -0.25) is 14.7 Å². The van der Waals surface area contributed by atoms with Crippen LogP contribution in [-0.4, -0.2) is 34.9 Å². The Morgan fingerprint density at radius 3 is 2.00 bits per heavy atom. The molecule has 1 saturated heterocycles. The van der Waals surface area contributed by atoms with Crippen LogP contribution in [0.5, 0.6) is 0 Å². The van der Waals surface area contributed by atoms with Crippen molar-refractivity contribution in [2.24, 2.45) is 0 Å². The summed E-state index contributed by atoms with van der Waals surface area (Å²) in [6, 6.07) is 33.1. The maximum absolute atomic E-state index is 13.7. The molecule has 1 amide bonds. The van der Waals surface area contributed by atoms with Crippen LogP contribution < -0.4 is 4.90 Å². The van der Waals surface area contributed by atoms with Gasteiger partial charge in [0.2, 0.25) is 0 Å². The first-order valence-electron chi connectivity index (χ1n) is 11.9. The minimum atomic E-state index is 0.0383. The minimum Gasteiger partial charge on any atom is -0.305 e. The molecule has 0 aliphatic carbocycles. The number of benzene rings is 3. The molecule has 3 aromatic carbocycles. The Morgan fingerprint density at radius 2 is 1.35 bits per heavy atom. The number of nitrogens with zero attached hydrogens (tertiary/aromatic N) is 3. The Hall–Kier alpha value is -3.76. The third-order valence-corrected chi connectivity index (χ3v) is 6.57. The first-order valence-corrected chi connectivity index (χ1v) is 11.9. The monoisotopic (exact) mass is 447 g/mol. The summed E-state index contributed by atoms with van der Waals surface area (Å²) >= 11 is 0. The number of piperidine rings is 1. The molecular formula is C30H29N3O. The van der Waals surface area contributed by atoms with E-state index in [1.54, 1.807) is 24.5 Å². The van der Waals surface area contributed by atoms with E-state index < -0.39 is 0 Å². The average Bonchev–Trinajstić information content (AvgIpc) is 2.92. The zero-order valence-corrected chi connectivity index (χ0v) is 19.3. The van der Waals surface area contributed by atoms with Gasteiger partial charge < -0.3 is 4.90 Å². The first kappa shape index (κ1) is 22.1. The molecule has 1 aliphatic heterocycles. The number of amides is 1. The second-order valence-corrected chi connectivity index (χ2v) is 8.82. The summed E-state index contributed by atoms with van der Waals surface area (Å²) < 4.78 is 0. The summed E-state index contributed by atoms with van der Waals surface area (Å²) in [7, 11) is 0. The van der Waals surface area contributed by atoms with Gasteiger partial charge in [-0.15, -0.1) is 0 Å². The van der Waals surface area contributed by atoms with Crippen LogP contribution in [0.3, 0.4) is 0 Å². The molecule has 5 rings (SSSR count). The molecule has 2 heterocycles. The van der Waals surface area contributed by atoms with E-state index in [0.29, 0.717) is 5.56 Å². The molecule has 4 nitrogen and oxygen atoms in total. The summed E-state index contributed by atoms with van der Waals surface area (Å²) in [5.74, 6) is 0.0383. The standard InChI is InChI=1S/C30H29N3O/c34-30(27-15-19-31-20-16-27)33(28-13-11-26(12-14-28)25-9-5-2-6-10-25)29-17-21-32(22-18-29)23-24-7-3-1-4-8-24/h1-16,19-20,29H,17-18,21-23H2. The Labute approximate surface area is 201 Å². The number of carbonyl (C=O) groups excluding carboxylic acids is 1. The molecule has 1 aromatic heterocycles. The number of hydrogen-bond donors (Lipinski definition) is 0. The summed E-state index contributed by atoms with van der Waals surface area (Å²) in [4.78, 5) is 22.2. The fraction of sp³-hybridized carbons (Fsp3) is 0.200. The lowest BCUT2D eigenvalue weighted by atomic mass is 9.99. The van der Waals surface area contributed by atoms with Gasteiger partial charge in [-0.05, 0) is 53.8 Å². The average molecular weight is 448 g/mol. The van der Waals surface area contributed by atoms with Gasteiger partial charge >= 0.3 is 0 Å². The van der Waals surface area contributed by atoms with E-state index in [2.05, 4.69) is 76.6 Å². The molecule has 0 saturated carbocycles. The lowest BCUT2D eigenvalue weighted by molar-refractivity contribution is 0.0958. The Bertz CT molecular complexity index is 1190. The number of rotatable bonds is 6. The van der Waals surface area contributed by atoms with Crippen LogP contribution in [0, 0.1) is 0 Å². The topological polar surface area (TPSA) is 36.4 Å². The molecule has 4 aromatic rings. The van der Waals surface area contributed by atoms with Gasteiger partial charge in [-0.25, -0.2) is 0 Å². The summed E-state index contributed by atoms with van der Waals surface area (Å²) in [5, 5.41) is 0. The number of aromatic nitrogens is 1. The van der Waals surface area contributed by atoms with Gasteiger partial charge in [0.25, 0.3) is 5.91 Å². The number of likely N-dealkylation sites (tertiary alicyclic amines) is 1. The molecule has 0 atom stereocenters. The second kappa shape index (κ2) is 10.4. The molecule has 34 heavy (non-hydrogen) atoms. The van der Waals surface area contributed by atoms with E-state index in [9.17, 15) is 4.79 Å². The highest BCUT2D eigenvalue weighted by Crippen LogP contribution is 2.29. The number of pyridine rings is 1. The van der Waals surface area contributed by atoms with Crippen LogP contribution in [0.4, 0.5) is 5.69 Å². The van der Waals surface area contributed by atoms with Crippen molar-refractivity contribution >= 4 is 11.6 Å². The highest BCUT2D eigenvalue weighted by atomic mass is 16.2. The molecule has 4 heteroatoms. The van der Waals surface area contributed by atoms with Crippen LogP contribution in [0.25, 0.3) is 11.1 Å². The fourth-order valence-electron chi connectivity index (χ4n) is 4.75. The zero-order valence-electron chi connectivity index (χ0n) is 19.3. The normalized spacial score (nSPS) is 14.6. The molecule has 0 bridgehead atoms. The van der Waals surface area contributed by atoms with Crippen LogP contribution in [-0.2, 0) is 6.54 Å². The Kier molecular flexibility index (Phi) is 6.78. The van der Waals surface area contributed by atoms with Gasteiger partial charge in [0, 0.05) is 49.3 Å². The highest BCUT2D eigenvalue weighted by Gasteiger charge is 2.30. The molecule has 170 valence electrons. The third-order valence-electron chi connectivity index (χ3n) is 6.57. The number of carbonyl (C=O) groups is 1.